The average Bonchev–Trinajstić information content (AvgIpc) is 1.65. The van der Waals surface area contributed by atoms with Crippen LogP contribution in [0.5, 0.6) is 0 Å². The third-order valence-electron chi connectivity index (χ3n) is 0.738. The lowest BCUT2D eigenvalue weighted by Crippen LogP contribution is -2.02. The van der Waals surface area contributed by atoms with Crippen molar-refractivity contribution >= 4 is 26.3 Å². The summed E-state index contributed by atoms with van der Waals surface area (Å²) in [7, 11) is 1.84. The predicted molar refractivity (Wildman–Crippen MR) is 44.6 cm³/mol. The average molecular weight is 224 g/mol. The summed E-state index contributed by atoms with van der Waals surface area (Å²) in [5, 5.41) is 9.91. The van der Waals surface area contributed by atoms with Crippen molar-refractivity contribution in [2.45, 2.75) is 6.92 Å². The lowest BCUT2D eigenvalue weighted by molar-refractivity contribution is 0.993. The van der Waals surface area contributed by atoms with Gasteiger partial charge in [-0.05, 0) is 35.6 Å². The summed E-state index contributed by atoms with van der Waals surface area (Å²) in [6.07, 6.45) is 1.76. The van der Waals surface area contributed by atoms with E-state index in [2.05, 4.69) is 5.32 Å². The van der Waals surface area contributed by atoms with E-state index in [0.717, 1.165) is 5.70 Å². The van der Waals surface area contributed by atoms with Crippen molar-refractivity contribution < 1.29 is 0 Å². The number of nitrogens with one attached hydrogen (secondary N) is 2. The number of hydrogen-bond acceptors (Lipinski definition) is 2. The van der Waals surface area contributed by atoms with Gasteiger partial charge in [0.15, 0.2) is 0 Å². The van der Waals surface area contributed by atoms with Crippen molar-refractivity contribution in [1.82, 2.24) is 5.32 Å². The van der Waals surface area contributed by atoms with Crippen molar-refractivity contribution in [1.29, 1.82) is 5.41 Å². The molecule has 0 unspecified atom stereocenters. The van der Waals surface area contributed by atoms with Gasteiger partial charge in [0.1, 0.15) is 0 Å². The van der Waals surface area contributed by atoms with Gasteiger partial charge in [0.25, 0.3) is 0 Å². The molecule has 3 heteroatoms. The van der Waals surface area contributed by atoms with E-state index in [1.807, 2.05) is 36.6 Å². The van der Waals surface area contributed by atoms with Crippen LogP contribution in [0.25, 0.3) is 0 Å². The first kappa shape index (κ1) is 7.94. The van der Waals surface area contributed by atoms with E-state index in [1.54, 1.807) is 6.08 Å². The Bertz CT molecular complexity index is 118. The van der Waals surface area contributed by atoms with Crippen LogP contribution in [0.4, 0.5) is 0 Å². The molecule has 46 valence electrons. The van der Waals surface area contributed by atoms with Crippen molar-refractivity contribution in [3.63, 3.8) is 0 Å². The molecule has 0 aliphatic heterocycles. The summed E-state index contributed by atoms with van der Waals surface area (Å²) >= 11 is 1.95. The highest BCUT2D eigenvalue weighted by Crippen LogP contribution is 1.91. The molecule has 0 rings (SSSR count). The van der Waals surface area contributed by atoms with Crippen molar-refractivity contribution in [2.75, 3.05) is 7.05 Å². The van der Waals surface area contributed by atoms with Crippen LogP contribution in [0.15, 0.2) is 11.8 Å². The van der Waals surface area contributed by atoms with Gasteiger partial charge in [-0.15, -0.1) is 0 Å². The van der Waals surface area contributed by atoms with Gasteiger partial charge in [0.05, 0.1) is 3.72 Å². The van der Waals surface area contributed by atoms with E-state index in [9.17, 15) is 0 Å². The molecule has 0 saturated carbocycles. The summed E-state index contributed by atoms with van der Waals surface area (Å²) in [6.45, 7) is 1.92. The molecule has 0 amide bonds. The molecule has 0 spiro atoms. The Morgan fingerprint density at radius 3 is 2.38 bits per heavy atom. The molecule has 0 atom stereocenters. The van der Waals surface area contributed by atoms with E-state index < -0.39 is 0 Å². The highest BCUT2D eigenvalue weighted by Gasteiger charge is 1.82. The molecule has 2 N–H and O–H groups in total. The summed E-state index contributed by atoms with van der Waals surface area (Å²) < 4.78 is 0.550. The van der Waals surface area contributed by atoms with Crippen LogP contribution >= 0.6 is 22.6 Å². The topological polar surface area (TPSA) is 35.9 Å². The van der Waals surface area contributed by atoms with E-state index in [4.69, 9.17) is 5.41 Å². The van der Waals surface area contributed by atoms with E-state index in [0.29, 0.717) is 3.72 Å². The van der Waals surface area contributed by atoms with Crippen LogP contribution < -0.4 is 5.32 Å². The lowest BCUT2D eigenvalue weighted by atomic mass is 10.4. The summed E-state index contributed by atoms with van der Waals surface area (Å²) in [4.78, 5) is 0. The molecule has 0 aliphatic rings. The SMILES string of the molecule is CN/C(C)=C\C(=N)I. The molecule has 0 aromatic rings. The van der Waals surface area contributed by atoms with Crippen LogP contribution in [-0.4, -0.2) is 10.8 Å². The monoisotopic (exact) mass is 224 g/mol. The molecule has 0 bridgehead atoms. The van der Waals surface area contributed by atoms with Crippen LogP contribution in [0.1, 0.15) is 6.92 Å². The predicted octanol–water partition coefficient (Wildman–Crippen LogP) is 1.52. The Labute approximate surface area is 63.0 Å². The fourth-order valence-corrected chi connectivity index (χ4v) is 0.729. The fourth-order valence-electron chi connectivity index (χ4n) is 0.262. The first-order valence-corrected chi connectivity index (χ1v) is 3.35. The van der Waals surface area contributed by atoms with Gasteiger partial charge in [-0.1, -0.05) is 0 Å². The third-order valence-corrected chi connectivity index (χ3v) is 1.05. The summed E-state index contributed by atoms with van der Waals surface area (Å²) in [5.41, 5.74) is 1.02. The highest BCUT2D eigenvalue weighted by molar-refractivity contribution is 14.1. The minimum atomic E-state index is 0.550. The second kappa shape index (κ2) is 3.88. The van der Waals surface area contributed by atoms with Crippen molar-refractivity contribution in [2.24, 2.45) is 0 Å². The molecule has 0 aromatic carbocycles. The van der Waals surface area contributed by atoms with Crippen LogP contribution in [0.3, 0.4) is 0 Å². The standard InChI is InChI=1S/C5H9IN2/c1-4(8-2)3-5(6)7/h3,7-8H,1-2H3/b4-3-,7-5?. The molecule has 0 radical (unpaired) electrons. The Morgan fingerprint density at radius 1 is 1.75 bits per heavy atom. The Kier molecular flexibility index (Phi) is 3.85. The lowest BCUT2D eigenvalue weighted by Gasteiger charge is -1.94. The molecule has 8 heavy (non-hydrogen) atoms. The maximum Gasteiger partial charge on any atom is 0.0936 e. The number of hydrogen-bond donors (Lipinski definition) is 2. The van der Waals surface area contributed by atoms with E-state index in [1.165, 1.54) is 0 Å². The van der Waals surface area contributed by atoms with Gasteiger partial charge in [0.2, 0.25) is 0 Å². The number of rotatable bonds is 2. The molecular formula is C5H9IN2. The molecule has 2 nitrogen and oxygen atoms in total. The smallest absolute Gasteiger partial charge is 0.0936 e. The summed E-state index contributed by atoms with van der Waals surface area (Å²) in [5.74, 6) is 0. The third kappa shape index (κ3) is 4.11. The van der Waals surface area contributed by atoms with Crippen molar-refractivity contribution in [3.8, 4) is 0 Å². The Hall–Kier alpha value is -0.0600. The molecule has 0 saturated heterocycles. The van der Waals surface area contributed by atoms with E-state index >= 15 is 0 Å². The zero-order valence-electron chi connectivity index (χ0n) is 4.96. The molecule has 0 aliphatic carbocycles. The van der Waals surface area contributed by atoms with Gasteiger partial charge < -0.3 is 5.32 Å². The first-order valence-electron chi connectivity index (χ1n) is 2.27. The van der Waals surface area contributed by atoms with E-state index in [-0.39, 0.29) is 0 Å². The fraction of sp³-hybridized carbons (Fsp3) is 0.400. The number of allylic oxidation sites excluding steroid dienone is 2. The second-order valence-electron chi connectivity index (χ2n) is 1.43. The zero-order chi connectivity index (χ0) is 6.57. The maximum atomic E-state index is 7.00. The maximum absolute atomic E-state index is 7.00. The zero-order valence-corrected chi connectivity index (χ0v) is 7.11. The number of halogens is 1. The Balaban J connectivity index is 3.75. The minimum absolute atomic E-state index is 0.550. The van der Waals surface area contributed by atoms with Gasteiger partial charge >= 0.3 is 0 Å². The highest BCUT2D eigenvalue weighted by atomic mass is 127. The van der Waals surface area contributed by atoms with Gasteiger partial charge in [-0.2, -0.15) is 0 Å². The van der Waals surface area contributed by atoms with Gasteiger partial charge in [-0.3, -0.25) is 5.41 Å². The van der Waals surface area contributed by atoms with Gasteiger partial charge in [0, 0.05) is 12.7 Å². The summed E-state index contributed by atoms with van der Waals surface area (Å²) in [6, 6.07) is 0. The first-order chi connectivity index (χ1) is 3.66. The minimum Gasteiger partial charge on any atom is -0.392 e. The molecule has 0 heterocycles. The van der Waals surface area contributed by atoms with Crippen LogP contribution in [0, 0.1) is 5.41 Å². The van der Waals surface area contributed by atoms with Crippen molar-refractivity contribution in [3.05, 3.63) is 11.8 Å². The molecule has 0 aromatic heterocycles. The molecular weight excluding hydrogens is 215 g/mol. The van der Waals surface area contributed by atoms with Crippen LogP contribution in [-0.2, 0) is 0 Å². The largest absolute Gasteiger partial charge is 0.392 e. The Morgan fingerprint density at radius 2 is 2.25 bits per heavy atom. The van der Waals surface area contributed by atoms with Crippen LogP contribution in [0.2, 0.25) is 0 Å². The normalized spacial score (nSPS) is 11.1. The van der Waals surface area contributed by atoms with Gasteiger partial charge in [-0.25, -0.2) is 0 Å². The second-order valence-corrected chi connectivity index (χ2v) is 2.59. The quantitative estimate of drug-likeness (QED) is 0.541. The molecule has 0 fully saturated rings.